The Morgan fingerprint density at radius 2 is 1.83 bits per heavy atom. The van der Waals surface area contributed by atoms with Crippen LogP contribution in [0.3, 0.4) is 0 Å². The number of hydrogen-bond acceptors (Lipinski definition) is 2. The SMILES string of the molecule is CCCNCc1ccc(-c2ccc(CC)cc2)n(C2CC2)c1=O. The Labute approximate surface area is 138 Å². The van der Waals surface area contributed by atoms with E-state index in [9.17, 15) is 4.79 Å². The molecule has 0 atom stereocenters. The van der Waals surface area contributed by atoms with Crippen LogP contribution in [0.2, 0.25) is 0 Å². The molecule has 1 aromatic heterocycles. The molecule has 0 bridgehead atoms. The lowest BCUT2D eigenvalue weighted by Gasteiger charge is -2.15. The normalized spacial score (nSPS) is 14.2. The van der Waals surface area contributed by atoms with Crippen molar-refractivity contribution < 1.29 is 0 Å². The topological polar surface area (TPSA) is 34.0 Å². The molecule has 1 N–H and O–H groups in total. The van der Waals surface area contributed by atoms with E-state index in [4.69, 9.17) is 0 Å². The summed E-state index contributed by atoms with van der Waals surface area (Å²) in [5.41, 5.74) is 4.57. The average molecular weight is 310 g/mol. The van der Waals surface area contributed by atoms with E-state index < -0.39 is 0 Å². The van der Waals surface area contributed by atoms with Crippen molar-refractivity contribution >= 4 is 0 Å². The Morgan fingerprint density at radius 1 is 1.09 bits per heavy atom. The molecule has 0 amide bonds. The van der Waals surface area contributed by atoms with Crippen molar-refractivity contribution in [3.63, 3.8) is 0 Å². The Balaban J connectivity index is 1.96. The maximum atomic E-state index is 12.9. The van der Waals surface area contributed by atoms with E-state index in [2.05, 4.69) is 49.5 Å². The van der Waals surface area contributed by atoms with Gasteiger partial charge in [-0.3, -0.25) is 4.79 Å². The van der Waals surface area contributed by atoms with Crippen molar-refractivity contribution in [3.05, 3.63) is 57.9 Å². The molecule has 0 unspecified atom stereocenters. The van der Waals surface area contributed by atoms with E-state index in [0.29, 0.717) is 12.6 Å². The minimum absolute atomic E-state index is 0.174. The summed E-state index contributed by atoms with van der Waals surface area (Å²) in [4.78, 5) is 12.9. The molecule has 23 heavy (non-hydrogen) atoms. The Kier molecular flexibility index (Phi) is 4.97. The molecule has 3 heteroatoms. The third-order valence-corrected chi connectivity index (χ3v) is 4.51. The van der Waals surface area contributed by atoms with Gasteiger partial charge in [0.05, 0.1) is 5.69 Å². The second-order valence-corrected chi connectivity index (χ2v) is 6.38. The third kappa shape index (κ3) is 3.56. The van der Waals surface area contributed by atoms with Gasteiger partial charge in [0, 0.05) is 18.2 Å². The van der Waals surface area contributed by atoms with Crippen LogP contribution < -0.4 is 10.9 Å². The fraction of sp³-hybridized carbons (Fsp3) is 0.450. The molecule has 0 aliphatic heterocycles. The zero-order valence-electron chi connectivity index (χ0n) is 14.1. The van der Waals surface area contributed by atoms with Crippen molar-refractivity contribution in [2.45, 2.75) is 52.1 Å². The van der Waals surface area contributed by atoms with Crippen molar-refractivity contribution in [2.75, 3.05) is 6.54 Å². The largest absolute Gasteiger partial charge is 0.312 e. The third-order valence-electron chi connectivity index (χ3n) is 4.51. The van der Waals surface area contributed by atoms with E-state index in [1.54, 1.807) is 0 Å². The maximum Gasteiger partial charge on any atom is 0.255 e. The van der Waals surface area contributed by atoms with Crippen molar-refractivity contribution in [1.29, 1.82) is 0 Å². The fourth-order valence-electron chi connectivity index (χ4n) is 2.97. The zero-order chi connectivity index (χ0) is 16.2. The predicted molar refractivity (Wildman–Crippen MR) is 95.8 cm³/mol. The minimum atomic E-state index is 0.174. The van der Waals surface area contributed by atoms with Crippen LogP contribution in [0.25, 0.3) is 11.3 Å². The van der Waals surface area contributed by atoms with Crippen molar-refractivity contribution in [3.8, 4) is 11.3 Å². The summed E-state index contributed by atoms with van der Waals surface area (Å²) in [6.07, 6.45) is 4.36. The molecule has 1 heterocycles. The van der Waals surface area contributed by atoms with E-state index in [0.717, 1.165) is 49.0 Å². The number of pyridine rings is 1. The molecular formula is C20H26N2O. The lowest BCUT2D eigenvalue weighted by atomic mass is 10.1. The number of benzene rings is 1. The molecule has 0 radical (unpaired) electrons. The first-order chi connectivity index (χ1) is 11.2. The highest BCUT2D eigenvalue weighted by molar-refractivity contribution is 5.60. The first-order valence-corrected chi connectivity index (χ1v) is 8.79. The molecule has 0 saturated heterocycles. The molecule has 1 aliphatic rings. The number of aryl methyl sites for hydroxylation is 1. The van der Waals surface area contributed by atoms with Crippen LogP contribution in [0.4, 0.5) is 0 Å². The summed E-state index contributed by atoms with van der Waals surface area (Å²) in [5, 5.41) is 3.34. The van der Waals surface area contributed by atoms with Crippen molar-refractivity contribution in [2.24, 2.45) is 0 Å². The number of nitrogens with one attached hydrogen (secondary N) is 1. The average Bonchev–Trinajstić information content (AvgIpc) is 3.41. The standard InChI is InChI=1S/C20H26N2O/c1-3-13-21-14-17-9-12-19(22(20(17)23)18-10-11-18)16-7-5-15(4-2)6-8-16/h5-9,12,18,21H,3-4,10-11,13-14H2,1-2H3. The molecule has 1 aromatic carbocycles. The van der Waals surface area contributed by atoms with Gasteiger partial charge >= 0.3 is 0 Å². The van der Waals surface area contributed by atoms with Crippen LogP contribution in [0.15, 0.2) is 41.2 Å². The van der Waals surface area contributed by atoms with Crippen LogP contribution in [0.5, 0.6) is 0 Å². The molecule has 3 nitrogen and oxygen atoms in total. The Bertz CT molecular complexity index is 711. The van der Waals surface area contributed by atoms with E-state index in [-0.39, 0.29) is 5.56 Å². The molecule has 1 saturated carbocycles. The molecule has 0 spiro atoms. The Morgan fingerprint density at radius 3 is 2.43 bits per heavy atom. The molecular weight excluding hydrogens is 284 g/mol. The number of aromatic nitrogens is 1. The summed E-state index contributed by atoms with van der Waals surface area (Å²) < 4.78 is 2.02. The van der Waals surface area contributed by atoms with Crippen LogP contribution in [-0.4, -0.2) is 11.1 Å². The van der Waals surface area contributed by atoms with Gasteiger partial charge in [-0.05, 0) is 49.4 Å². The maximum absolute atomic E-state index is 12.9. The summed E-state index contributed by atoms with van der Waals surface area (Å²) in [5.74, 6) is 0. The zero-order valence-corrected chi connectivity index (χ0v) is 14.1. The van der Waals surface area contributed by atoms with Gasteiger partial charge in [-0.1, -0.05) is 44.2 Å². The molecule has 3 rings (SSSR count). The van der Waals surface area contributed by atoms with Gasteiger partial charge in [0.1, 0.15) is 0 Å². The highest BCUT2D eigenvalue weighted by Crippen LogP contribution is 2.37. The van der Waals surface area contributed by atoms with Gasteiger partial charge in [0.2, 0.25) is 0 Å². The van der Waals surface area contributed by atoms with Crippen LogP contribution in [0, 0.1) is 0 Å². The van der Waals surface area contributed by atoms with Crippen LogP contribution in [0.1, 0.15) is 50.3 Å². The summed E-state index contributed by atoms with van der Waals surface area (Å²) in [6.45, 7) is 5.91. The van der Waals surface area contributed by atoms with E-state index in [1.807, 2.05) is 10.6 Å². The van der Waals surface area contributed by atoms with Gasteiger partial charge < -0.3 is 9.88 Å². The highest BCUT2D eigenvalue weighted by atomic mass is 16.1. The van der Waals surface area contributed by atoms with Gasteiger partial charge in [-0.15, -0.1) is 0 Å². The van der Waals surface area contributed by atoms with Gasteiger partial charge in [-0.2, -0.15) is 0 Å². The molecule has 122 valence electrons. The highest BCUT2D eigenvalue weighted by Gasteiger charge is 2.27. The number of nitrogens with zero attached hydrogens (tertiary/aromatic N) is 1. The summed E-state index contributed by atoms with van der Waals surface area (Å²) >= 11 is 0. The van der Waals surface area contributed by atoms with Crippen LogP contribution >= 0.6 is 0 Å². The van der Waals surface area contributed by atoms with Crippen LogP contribution in [-0.2, 0) is 13.0 Å². The summed E-state index contributed by atoms with van der Waals surface area (Å²) in [6, 6.07) is 13.1. The first kappa shape index (κ1) is 16.0. The summed E-state index contributed by atoms with van der Waals surface area (Å²) in [7, 11) is 0. The van der Waals surface area contributed by atoms with E-state index >= 15 is 0 Å². The quantitative estimate of drug-likeness (QED) is 0.787. The lowest BCUT2D eigenvalue weighted by Crippen LogP contribution is -2.28. The first-order valence-electron chi connectivity index (χ1n) is 8.79. The van der Waals surface area contributed by atoms with Gasteiger partial charge in [-0.25, -0.2) is 0 Å². The second-order valence-electron chi connectivity index (χ2n) is 6.38. The minimum Gasteiger partial charge on any atom is -0.312 e. The smallest absolute Gasteiger partial charge is 0.255 e. The number of hydrogen-bond donors (Lipinski definition) is 1. The number of rotatable bonds is 7. The molecule has 1 aliphatic carbocycles. The lowest BCUT2D eigenvalue weighted by molar-refractivity contribution is 0.649. The molecule has 2 aromatic rings. The van der Waals surface area contributed by atoms with Gasteiger partial charge in [0.15, 0.2) is 0 Å². The molecule has 1 fully saturated rings. The fourth-order valence-corrected chi connectivity index (χ4v) is 2.97. The Hall–Kier alpha value is -1.87. The predicted octanol–water partition coefficient (Wildman–Crippen LogP) is 3.91. The second kappa shape index (κ2) is 7.14. The van der Waals surface area contributed by atoms with Gasteiger partial charge in [0.25, 0.3) is 5.56 Å². The monoisotopic (exact) mass is 310 g/mol. The van der Waals surface area contributed by atoms with E-state index in [1.165, 1.54) is 5.56 Å². The van der Waals surface area contributed by atoms with Crippen molar-refractivity contribution in [1.82, 2.24) is 9.88 Å².